The normalized spacial score (nSPS) is 12.0. The fraction of sp³-hybridized carbons (Fsp3) is 0.200. The Labute approximate surface area is 120 Å². The first-order chi connectivity index (χ1) is 9.90. The Kier molecular flexibility index (Phi) is 4.18. The molecule has 0 heterocycles. The highest BCUT2D eigenvalue weighted by atomic mass is 19.1. The summed E-state index contributed by atoms with van der Waals surface area (Å²) in [6.45, 7) is 3.02. The molecule has 0 bridgehead atoms. The van der Waals surface area contributed by atoms with E-state index in [1.807, 2.05) is 0 Å². The Morgan fingerprint density at radius 3 is 2.57 bits per heavy atom. The molecular weight excluding hydrogens is 277 g/mol. The van der Waals surface area contributed by atoms with Gasteiger partial charge in [0.25, 0.3) is 0 Å². The third kappa shape index (κ3) is 3.17. The number of para-hydroxylation sites is 2. The van der Waals surface area contributed by atoms with Crippen molar-refractivity contribution >= 4 is 5.69 Å². The second-order valence-electron chi connectivity index (χ2n) is 4.64. The number of benzene rings is 2. The summed E-state index contributed by atoms with van der Waals surface area (Å²) in [5.41, 5.74) is 0.361. The van der Waals surface area contributed by atoms with Crippen LogP contribution in [0.3, 0.4) is 0 Å². The average Bonchev–Trinajstić information content (AvgIpc) is 2.42. The summed E-state index contributed by atoms with van der Waals surface area (Å²) in [7, 11) is 0. The average molecular weight is 291 g/mol. The Bertz CT molecular complexity index is 685. The predicted molar refractivity (Wildman–Crippen MR) is 74.9 cm³/mol. The van der Waals surface area contributed by atoms with Gasteiger partial charge in [0.05, 0.1) is 11.0 Å². The number of hydrogen-bond donors (Lipinski definition) is 1. The van der Waals surface area contributed by atoms with Crippen molar-refractivity contribution in [3.63, 3.8) is 0 Å². The van der Waals surface area contributed by atoms with Crippen molar-refractivity contribution in [2.75, 3.05) is 0 Å². The maximum atomic E-state index is 13.6. The predicted octanol–water partition coefficient (Wildman–Crippen LogP) is 3.89. The van der Waals surface area contributed by atoms with E-state index in [1.165, 1.54) is 37.3 Å². The molecule has 110 valence electrons. The maximum Gasteiger partial charge on any atom is 0.311 e. The fourth-order valence-corrected chi connectivity index (χ4v) is 1.90. The molecule has 0 aliphatic carbocycles. The minimum atomic E-state index is -0.960. The first kappa shape index (κ1) is 14.9. The summed E-state index contributed by atoms with van der Waals surface area (Å²) < 4.78 is 19.1. The standard InChI is InChI=1S/C15H14FNO4/c1-9-7-15(11(10(2)18)8-12(9)16)21-14-6-4-3-5-13(14)17(19)20/h3-8,10,18H,1-2H3. The van der Waals surface area contributed by atoms with Crippen LogP contribution in [0, 0.1) is 22.9 Å². The number of nitro groups is 1. The molecule has 0 aliphatic rings. The highest BCUT2D eigenvalue weighted by Gasteiger charge is 2.18. The monoisotopic (exact) mass is 291 g/mol. The fourth-order valence-electron chi connectivity index (χ4n) is 1.90. The number of aliphatic hydroxyl groups excluding tert-OH is 1. The van der Waals surface area contributed by atoms with Gasteiger partial charge in [-0.1, -0.05) is 12.1 Å². The van der Waals surface area contributed by atoms with Crippen LogP contribution >= 0.6 is 0 Å². The third-order valence-corrected chi connectivity index (χ3v) is 3.02. The summed E-state index contributed by atoms with van der Waals surface area (Å²) in [4.78, 5) is 10.4. The van der Waals surface area contributed by atoms with Crippen LogP contribution in [-0.4, -0.2) is 10.0 Å². The molecule has 0 spiro atoms. The second-order valence-corrected chi connectivity index (χ2v) is 4.64. The maximum absolute atomic E-state index is 13.6. The Balaban J connectivity index is 2.49. The van der Waals surface area contributed by atoms with Gasteiger partial charge in [-0.25, -0.2) is 4.39 Å². The minimum absolute atomic E-state index is 0.0374. The van der Waals surface area contributed by atoms with Gasteiger partial charge in [0.1, 0.15) is 11.6 Å². The smallest absolute Gasteiger partial charge is 0.311 e. The number of nitrogens with zero attached hydrogens (tertiary/aromatic N) is 1. The van der Waals surface area contributed by atoms with E-state index in [-0.39, 0.29) is 22.7 Å². The molecule has 0 amide bonds. The lowest BCUT2D eigenvalue weighted by molar-refractivity contribution is -0.385. The van der Waals surface area contributed by atoms with E-state index in [0.29, 0.717) is 5.56 Å². The van der Waals surface area contributed by atoms with Gasteiger partial charge in [-0.05, 0) is 37.6 Å². The first-order valence-electron chi connectivity index (χ1n) is 6.29. The van der Waals surface area contributed by atoms with Crippen molar-refractivity contribution < 1.29 is 19.2 Å². The first-order valence-corrected chi connectivity index (χ1v) is 6.29. The van der Waals surface area contributed by atoms with Gasteiger partial charge in [0.15, 0.2) is 0 Å². The van der Waals surface area contributed by atoms with E-state index < -0.39 is 16.8 Å². The lowest BCUT2D eigenvalue weighted by Gasteiger charge is -2.14. The molecule has 2 aromatic rings. The van der Waals surface area contributed by atoms with Crippen LogP contribution in [0.15, 0.2) is 36.4 Å². The summed E-state index contributed by atoms with van der Waals surface area (Å²) in [5, 5.41) is 20.7. The van der Waals surface area contributed by atoms with E-state index in [2.05, 4.69) is 0 Å². The van der Waals surface area contributed by atoms with Gasteiger partial charge in [-0.15, -0.1) is 0 Å². The van der Waals surface area contributed by atoms with Crippen molar-refractivity contribution in [3.8, 4) is 11.5 Å². The van der Waals surface area contributed by atoms with E-state index in [9.17, 15) is 19.6 Å². The largest absolute Gasteiger partial charge is 0.450 e. The van der Waals surface area contributed by atoms with Crippen molar-refractivity contribution in [2.45, 2.75) is 20.0 Å². The van der Waals surface area contributed by atoms with Crippen molar-refractivity contribution in [1.29, 1.82) is 0 Å². The molecule has 5 nitrogen and oxygen atoms in total. The van der Waals surface area contributed by atoms with E-state index in [1.54, 1.807) is 13.0 Å². The second kappa shape index (κ2) is 5.88. The lowest BCUT2D eigenvalue weighted by atomic mass is 10.1. The quantitative estimate of drug-likeness (QED) is 0.685. The number of aliphatic hydroxyl groups is 1. The summed E-state index contributed by atoms with van der Waals surface area (Å²) >= 11 is 0. The van der Waals surface area contributed by atoms with E-state index >= 15 is 0 Å². The van der Waals surface area contributed by atoms with Crippen molar-refractivity contribution in [3.05, 3.63) is 63.5 Å². The Morgan fingerprint density at radius 1 is 1.29 bits per heavy atom. The highest BCUT2D eigenvalue weighted by molar-refractivity contribution is 5.50. The van der Waals surface area contributed by atoms with Crippen LogP contribution < -0.4 is 4.74 Å². The van der Waals surface area contributed by atoms with Gasteiger partial charge in [0, 0.05) is 11.6 Å². The summed E-state index contributed by atoms with van der Waals surface area (Å²) in [6, 6.07) is 8.46. The molecule has 0 aromatic heterocycles. The molecule has 1 atom stereocenters. The molecule has 0 saturated carbocycles. The molecule has 2 rings (SSSR count). The summed E-state index contributed by atoms with van der Waals surface area (Å²) in [5.74, 6) is -0.241. The minimum Gasteiger partial charge on any atom is -0.450 e. The third-order valence-electron chi connectivity index (χ3n) is 3.02. The van der Waals surface area contributed by atoms with Crippen LogP contribution in [0.1, 0.15) is 24.2 Å². The molecular formula is C15H14FNO4. The van der Waals surface area contributed by atoms with Crippen LogP contribution in [0.5, 0.6) is 11.5 Å². The van der Waals surface area contributed by atoms with Crippen molar-refractivity contribution in [2.24, 2.45) is 0 Å². The van der Waals surface area contributed by atoms with E-state index in [4.69, 9.17) is 4.74 Å². The van der Waals surface area contributed by atoms with Crippen LogP contribution in [0.25, 0.3) is 0 Å². The zero-order chi connectivity index (χ0) is 15.6. The van der Waals surface area contributed by atoms with Gasteiger partial charge >= 0.3 is 5.69 Å². The number of ether oxygens (including phenoxy) is 1. The zero-order valence-corrected chi connectivity index (χ0v) is 11.5. The molecule has 6 heteroatoms. The molecule has 1 N–H and O–H groups in total. The molecule has 21 heavy (non-hydrogen) atoms. The number of hydrogen-bond acceptors (Lipinski definition) is 4. The molecule has 2 aromatic carbocycles. The van der Waals surface area contributed by atoms with Gasteiger partial charge < -0.3 is 9.84 Å². The zero-order valence-electron chi connectivity index (χ0n) is 11.5. The molecule has 0 aliphatic heterocycles. The molecule has 0 saturated heterocycles. The molecule has 0 radical (unpaired) electrons. The molecule has 0 fully saturated rings. The number of aryl methyl sites for hydroxylation is 1. The highest BCUT2D eigenvalue weighted by Crippen LogP contribution is 2.35. The van der Waals surface area contributed by atoms with Gasteiger partial charge in [-0.3, -0.25) is 10.1 Å². The molecule has 1 unspecified atom stereocenters. The Morgan fingerprint density at radius 2 is 1.95 bits per heavy atom. The number of halogens is 1. The number of nitro benzene ring substituents is 1. The van der Waals surface area contributed by atoms with Crippen LogP contribution in [-0.2, 0) is 0 Å². The van der Waals surface area contributed by atoms with Crippen molar-refractivity contribution in [1.82, 2.24) is 0 Å². The topological polar surface area (TPSA) is 72.6 Å². The van der Waals surface area contributed by atoms with Crippen LogP contribution in [0.4, 0.5) is 10.1 Å². The lowest BCUT2D eigenvalue weighted by Crippen LogP contribution is -2.00. The summed E-state index contributed by atoms with van der Waals surface area (Å²) in [6.07, 6.45) is -0.960. The van der Waals surface area contributed by atoms with Gasteiger partial charge in [-0.2, -0.15) is 0 Å². The van der Waals surface area contributed by atoms with Crippen LogP contribution in [0.2, 0.25) is 0 Å². The van der Waals surface area contributed by atoms with E-state index in [0.717, 1.165) is 0 Å². The van der Waals surface area contributed by atoms with Gasteiger partial charge in [0.2, 0.25) is 5.75 Å². The Hall–Kier alpha value is -2.47. The number of rotatable bonds is 4. The SMILES string of the molecule is Cc1cc(Oc2ccccc2[N+](=O)[O-])c(C(C)O)cc1F.